The third-order valence-corrected chi connectivity index (χ3v) is 7.98. The first-order chi connectivity index (χ1) is 12.5. The van der Waals surface area contributed by atoms with Gasteiger partial charge in [-0.2, -0.15) is 0 Å². The molecule has 10 heteroatoms. The summed E-state index contributed by atoms with van der Waals surface area (Å²) in [5.74, 6) is 0.309. The van der Waals surface area contributed by atoms with E-state index in [0.29, 0.717) is 26.8 Å². The number of allylic oxidation sites excluding steroid dienone is 1. The number of hydrogen-bond donors (Lipinski definition) is 1. The number of aromatic nitrogens is 3. The van der Waals surface area contributed by atoms with Crippen LogP contribution in [-0.2, 0) is 4.79 Å². The van der Waals surface area contributed by atoms with Crippen LogP contribution < -0.4 is 14.8 Å². The molecule has 1 N–H and O–H groups in total. The number of hydrogen-bond acceptors (Lipinski definition) is 7. The number of carbonyl (C=O) groups is 1. The average Bonchev–Trinajstić information content (AvgIpc) is 3.09. The Balaban J connectivity index is 1.96. The van der Waals surface area contributed by atoms with Crippen LogP contribution >= 0.6 is 22.9 Å². The molecule has 3 heterocycles. The Bertz CT molecular complexity index is 955. The van der Waals surface area contributed by atoms with Gasteiger partial charge in [-0.3, -0.25) is 0 Å². The molecule has 0 saturated carbocycles. The predicted octanol–water partition coefficient (Wildman–Crippen LogP) is 2.42. The topological polar surface area (TPSA) is 86.2 Å². The quantitative estimate of drug-likeness (QED) is 0.646. The third kappa shape index (κ3) is 4.16. The first-order valence-corrected chi connectivity index (χ1v) is 12.3. The molecule has 0 bridgehead atoms. The van der Waals surface area contributed by atoms with Gasteiger partial charge in [0.25, 0.3) is 0 Å². The predicted molar refractivity (Wildman–Crippen MR) is 103 cm³/mol. The molecule has 7 nitrogen and oxygen atoms in total. The summed E-state index contributed by atoms with van der Waals surface area (Å²) in [5, 5.41) is 11.6. The van der Waals surface area contributed by atoms with Crippen molar-refractivity contribution < 1.29 is 14.3 Å². The number of amides is 1. The van der Waals surface area contributed by atoms with Crippen LogP contribution in [0.15, 0.2) is 27.7 Å². The van der Waals surface area contributed by atoms with E-state index in [4.69, 9.17) is 21.1 Å². The van der Waals surface area contributed by atoms with E-state index in [2.05, 4.69) is 31.3 Å². The molecule has 0 spiro atoms. The number of pyridine rings is 1. The zero-order valence-corrected chi connectivity index (χ0v) is 19.1. The van der Waals surface area contributed by atoms with Crippen molar-refractivity contribution in [2.45, 2.75) is 6.92 Å². The molecule has 0 saturated heterocycles. The van der Waals surface area contributed by atoms with Crippen molar-refractivity contribution in [1.82, 2.24) is 15.2 Å². The van der Waals surface area contributed by atoms with E-state index in [-0.39, 0.29) is 5.91 Å². The van der Waals surface area contributed by atoms with E-state index >= 15 is 0 Å². The standard InChI is InChI=1S/C16H14ClN4O3S.In/c1-5-6-10(11-7-13(17)18-8-12(11)23-3)9(2)14(22)19-15-20-21-16(24-4)25-15;/h2,6-8H,1,3-4H3,(H,19,20,22);. The zero-order chi connectivity index (χ0) is 18.7. The van der Waals surface area contributed by atoms with Gasteiger partial charge in [0, 0.05) is 0 Å². The molecule has 1 aliphatic rings. The number of nitrogens with zero attached hydrogens (tertiary/aromatic N) is 3. The minimum atomic E-state index is -1.12. The van der Waals surface area contributed by atoms with Crippen molar-refractivity contribution >= 4 is 65.2 Å². The summed E-state index contributed by atoms with van der Waals surface area (Å²) in [4.78, 5) is 16.9. The molecule has 0 atom stereocenters. The van der Waals surface area contributed by atoms with Crippen molar-refractivity contribution in [2.24, 2.45) is 0 Å². The Morgan fingerprint density at radius 1 is 1.31 bits per heavy atom. The van der Waals surface area contributed by atoms with Gasteiger partial charge in [-0.1, -0.05) is 0 Å². The summed E-state index contributed by atoms with van der Waals surface area (Å²) in [6.45, 7) is 2.08. The first-order valence-electron chi connectivity index (χ1n) is 7.51. The molecular formula is C16H14ClInN4O3S. The van der Waals surface area contributed by atoms with Crippen molar-refractivity contribution in [2.75, 3.05) is 19.5 Å². The molecule has 3 rings (SSSR count). The summed E-state index contributed by atoms with van der Waals surface area (Å²) < 4.78 is 13.8. The van der Waals surface area contributed by atoms with Crippen LogP contribution in [0.3, 0.4) is 0 Å². The number of ether oxygens (including phenoxy) is 2. The van der Waals surface area contributed by atoms with Crippen LogP contribution in [0, 0.1) is 0 Å². The Labute approximate surface area is 169 Å². The number of anilines is 1. The fraction of sp³-hybridized carbons (Fsp3) is 0.188. The monoisotopic (exact) mass is 492 g/mol. The van der Waals surface area contributed by atoms with Gasteiger partial charge < -0.3 is 0 Å². The van der Waals surface area contributed by atoms with Gasteiger partial charge in [0.15, 0.2) is 0 Å². The van der Waals surface area contributed by atoms with E-state index in [9.17, 15) is 4.79 Å². The molecule has 1 aliphatic heterocycles. The van der Waals surface area contributed by atoms with E-state index in [1.807, 2.05) is 6.08 Å². The van der Waals surface area contributed by atoms with Gasteiger partial charge in [0.1, 0.15) is 0 Å². The number of halogens is 1. The Hall–Kier alpha value is -1.71. The van der Waals surface area contributed by atoms with Crippen molar-refractivity contribution in [3.63, 3.8) is 0 Å². The maximum absolute atomic E-state index is 12.8. The van der Waals surface area contributed by atoms with Crippen LogP contribution in [0.2, 0.25) is 5.15 Å². The second-order valence-electron chi connectivity index (χ2n) is 5.29. The van der Waals surface area contributed by atoms with Gasteiger partial charge in [-0.25, -0.2) is 0 Å². The summed E-state index contributed by atoms with van der Waals surface area (Å²) in [5.41, 5.74) is 2.08. The van der Waals surface area contributed by atoms with Crippen molar-refractivity contribution in [3.05, 3.63) is 38.5 Å². The second kappa shape index (κ2) is 8.32. The second-order valence-corrected chi connectivity index (χ2v) is 11.1. The minimum absolute atomic E-state index is 0.246. The van der Waals surface area contributed by atoms with Crippen LogP contribution in [0.1, 0.15) is 12.5 Å². The number of rotatable bonds is 5. The van der Waals surface area contributed by atoms with Gasteiger partial charge in [0.05, 0.1) is 0 Å². The number of nitrogens with one attached hydrogen (secondary N) is 1. The number of methoxy groups -OCH3 is 2. The van der Waals surface area contributed by atoms with Crippen LogP contribution in [0.4, 0.5) is 5.13 Å². The number of carbonyl (C=O) groups excluding carboxylic acids is 1. The summed E-state index contributed by atoms with van der Waals surface area (Å²) in [6.07, 6.45) is 3.58. The summed E-state index contributed by atoms with van der Waals surface area (Å²) >= 11 is 6.11. The first kappa shape index (κ1) is 19.1. The zero-order valence-electron chi connectivity index (χ0n) is 14.2. The molecule has 0 unspecified atom stereocenters. The van der Waals surface area contributed by atoms with Crippen molar-refractivity contribution in [1.29, 1.82) is 0 Å². The van der Waals surface area contributed by atoms with E-state index in [1.54, 1.807) is 19.4 Å². The van der Waals surface area contributed by atoms with Crippen molar-refractivity contribution in [3.8, 4) is 10.9 Å². The molecule has 2 aromatic rings. The summed E-state index contributed by atoms with van der Waals surface area (Å²) in [7, 11) is 3.06. The molecule has 0 radical (unpaired) electrons. The van der Waals surface area contributed by atoms with Gasteiger partial charge in [0.2, 0.25) is 0 Å². The van der Waals surface area contributed by atoms with Gasteiger partial charge in [-0.05, 0) is 0 Å². The van der Waals surface area contributed by atoms with E-state index in [1.165, 1.54) is 10.4 Å². The SMILES string of the molecule is COc1nnc(NC(=O)C2=[CH][In]=[C](C)C=C2c2cc(Cl)ncc2OC)s1. The van der Waals surface area contributed by atoms with Gasteiger partial charge >= 0.3 is 171 Å². The van der Waals surface area contributed by atoms with E-state index in [0.717, 1.165) is 22.5 Å². The third-order valence-electron chi connectivity index (χ3n) is 3.57. The van der Waals surface area contributed by atoms with Gasteiger partial charge in [-0.15, -0.1) is 0 Å². The van der Waals surface area contributed by atoms with Crippen LogP contribution in [0.5, 0.6) is 10.9 Å². The normalized spacial score (nSPS) is 13.2. The van der Waals surface area contributed by atoms with E-state index < -0.39 is 22.4 Å². The molecule has 0 aliphatic carbocycles. The fourth-order valence-electron chi connectivity index (χ4n) is 2.38. The Kier molecular flexibility index (Phi) is 6.10. The average molecular weight is 493 g/mol. The Morgan fingerprint density at radius 3 is 2.81 bits per heavy atom. The molecule has 2 aromatic heterocycles. The molecule has 0 fully saturated rings. The Morgan fingerprint density at radius 2 is 2.12 bits per heavy atom. The molecule has 1 amide bonds. The molecule has 26 heavy (non-hydrogen) atoms. The molecule has 132 valence electrons. The van der Waals surface area contributed by atoms with Crippen LogP contribution in [-0.4, -0.2) is 61.0 Å². The molecule has 0 aromatic carbocycles. The maximum atomic E-state index is 12.8. The fourth-order valence-corrected chi connectivity index (χ4v) is 6.01. The van der Waals surface area contributed by atoms with Crippen LogP contribution in [0.25, 0.3) is 5.57 Å². The molecular weight excluding hydrogens is 479 g/mol. The summed E-state index contributed by atoms with van der Waals surface area (Å²) in [6, 6.07) is 1.70.